The van der Waals surface area contributed by atoms with Crippen LogP contribution in [0.15, 0.2) is 23.1 Å². The van der Waals surface area contributed by atoms with Crippen molar-refractivity contribution in [1.82, 2.24) is 0 Å². The highest BCUT2D eigenvalue weighted by molar-refractivity contribution is 7.89. The van der Waals surface area contributed by atoms with Crippen molar-refractivity contribution in [2.75, 3.05) is 18.0 Å². The maximum Gasteiger partial charge on any atom is 0.417 e. The average Bonchev–Trinajstić information content (AvgIpc) is 2.85. The molecule has 6 nitrogen and oxygen atoms in total. The Morgan fingerprint density at radius 2 is 2.00 bits per heavy atom. The molecular formula is C12H13F3N2O4S. The number of nitrogens with zero attached hydrogens (tertiary/aromatic N) is 1. The fourth-order valence-electron chi connectivity index (χ4n) is 2.38. The molecule has 1 saturated heterocycles. The Morgan fingerprint density at radius 1 is 1.36 bits per heavy atom. The van der Waals surface area contributed by atoms with Crippen LogP contribution in [-0.4, -0.2) is 32.6 Å². The number of carbonyl (C=O) groups is 1. The van der Waals surface area contributed by atoms with Crippen molar-refractivity contribution in [3.8, 4) is 0 Å². The van der Waals surface area contributed by atoms with Crippen LogP contribution in [0.3, 0.4) is 0 Å². The molecule has 0 aromatic heterocycles. The van der Waals surface area contributed by atoms with E-state index in [1.165, 1.54) is 11.0 Å². The lowest BCUT2D eigenvalue weighted by molar-refractivity contribution is -0.141. The van der Waals surface area contributed by atoms with Crippen molar-refractivity contribution < 1.29 is 31.5 Å². The van der Waals surface area contributed by atoms with E-state index in [0.717, 1.165) is 6.07 Å². The number of carboxylic acids is 1. The van der Waals surface area contributed by atoms with Gasteiger partial charge in [-0.05, 0) is 24.6 Å². The monoisotopic (exact) mass is 338 g/mol. The number of halogens is 3. The second kappa shape index (κ2) is 5.43. The highest BCUT2D eigenvalue weighted by Gasteiger charge is 2.37. The quantitative estimate of drug-likeness (QED) is 0.864. The predicted molar refractivity (Wildman–Crippen MR) is 70.8 cm³/mol. The first kappa shape index (κ1) is 16.6. The Bertz CT molecular complexity index is 703. The van der Waals surface area contributed by atoms with Gasteiger partial charge in [-0.3, -0.25) is 4.79 Å². The summed E-state index contributed by atoms with van der Waals surface area (Å²) in [5.41, 5.74) is -1.24. The van der Waals surface area contributed by atoms with Gasteiger partial charge in [0.25, 0.3) is 0 Å². The second-order valence-electron chi connectivity index (χ2n) is 4.99. The number of sulfonamides is 1. The fraction of sp³-hybridized carbons (Fsp3) is 0.417. The largest absolute Gasteiger partial charge is 0.481 e. The Morgan fingerprint density at radius 3 is 2.45 bits per heavy atom. The Hall–Kier alpha value is -1.81. The van der Waals surface area contributed by atoms with E-state index in [-0.39, 0.29) is 18.8 Å². The molecule has 1 heterocycles. The second-order valence-corrected chi connectivity index (χ2v) is 6.52. The van der Waals surface area contributed by atoms with Gasteiger partial charge in [-0.15, -0.1) is 0 Å². The van der Waals surface area contributed by atoms with E-state index in [4.69, 9.17) is 10.2 Å². The smallest absolute Gasteiger partial charge is 0.417 e. The zero-order chi connectivity index (χ0) is 16.7. The van der Waals surface area contributed by atoms with Crippen molar-refractivity contribution in [3.05, 3.63) is 23.8 Å². The van der Waals surface area contributed by atoms with Crippen LogP contribution in [0, 0.1) is 5.92 Å². The normalized spacial score (nSPS) is 19.5. The first-order chi connectivity index (χ1) is 10.00. The van der Waals surface area contributed by atoms with Crippen LogP contribution in [0.5, 0.6) is 0 Å². The van der Waals surface area contributed by atoms with Gasteiger partial charge in [-0.25, -0.2) is 13.6 Å². The number of nitrogens with two attached hydrogens (primary N) is 1. The molecule has 0 aliphatic carbocycles. The van der Waals surface area contributed by atoms with Crippen LogP contribution in [0.4, 0.5) is 18.9 Å². The molecule has 1 aromatic rings. The Kier molecular flexibility index (Phi) is 4.09. The molecule has 0 saturated carbocycles. The molecule has 3 N–H and O–H groups in total. The van der Waals surface area contributed by atoms with E-state index in [0.29, 0.717) is 12.5 Å². The molecule has 1 aliphatic heterocycles. The molecule has 122 valence electrons. The van der Waals surface area contributed by atoms with Gasteiger partial charge in [-0.1, -0.05) is 0 Å². The van der Waals surface area contributed by atoms with E-state index < -0.39 is 38.5 Å². The highest BCUT2D eigenvalue weighted by atomic mass is 32.2. The van der Waals surface area contributed by atoms with E-state index in [9.17, 15) is 26.4 Å². The molecule has 22 heavy (non-hydrogen) atoms. The highest BCUT2D eigenvalue weighted by Crippen LogP contribution is 2.37. The van der Waals surface area contributed by atoms with E-state index in [2.05, 4.69) is 0 Å². The molecule has 0 bridgehead atoms. The third-order valence-electron chi connectivity index (χ3n) is 3.48. The number of carboxylic acid groups (broad SMARTS) is 1. The minimum absolute atomic E-state index is 0.0708. The van der Waals surface area contributed by atoms with Gasteiger partial charge in [0.05, 0.1) is 16.4 Å². The van der Waals surface area contributed by atoms with E-state index in [1.807, 2.05) is 0 Å². The van der Waals surface area contributed by atoms with Crippen molar-refractivity contribution in [2.45, 2.75) is 17.5 Å². The van der Waals surface area contributed by atoms with Crippen molar-refractivity contribution in [2.24, 2.45) is 11.1 Å². The maximum absolute atomic E-state index is 13.0. The molecule has 1 aliphatic rings. The summed E-state index contributed by atoms with van der Waals surface area (Å²) in [5.74, 6) is -1.67. The summed E-state index contributed by atoms with van der Waals surface area (Å²) in [6.07, 6.45) is -4.57. The number of benzene rings is 1. The maximum atomic E-state index is 13.0. The lowest BCUT2D eigenvalue weighted by atomic mass is 10.1. The summed E-state index contributed by atoms with van der Waals surface area (Å²) >= 11 is 0. The molecule has 10 heteroatoms. The van der Waals surface area contributed by atoms with E-state index >= 15 is 0 Å². The summed E-state index contributed by atoms with van der Waals surface area (Å²) in [7, 11) is -4.51. The van der Waals surface area contributed by atoms with Gasteiger partial charge >= 0.3 is 12.1 Å². The molecular weight excluding hydrogens is 325 g/mol. The Balaban J connectivity index is 2.43. The third-order valence-corrected chi connectivity index (χ3v) is 4.45. The standard InChI is InChI=1S/C12H13F3N2O4S/c13-12(14,15)9-5-8(1-2-10(9)22(16,20)21)17-4-3-7(6-17)11(18)19/h1-2,5,7H,3-4,6H2,(H,18,19)(H2,16,20,21). The Labute approximate surface area is 124 Å². The van der Waals surface area contributed by atoms with Crippen LogP contribution >= 0.6 is 0 Å². The number of hydrogen-bond acceptors (Lipinski definition) is 4. The summed E-state index contributed by atoms with van der Waals surface area (Å²) in [6.45, 7) is 0.352. The number of rotatable bonds is 3. The molecule has 0 amide bonds. The summed E-state index contributed by atoms with van der Waals surface area (Å²) < 4.78 is 61.6. The van der Waals surface area contributed by atoms with Crippen LogP contribution in [0.25, 0.3) is 0 Å². The molecule has 0 radical (unpaired) electrons. The number of aliphatic carboxylic acids is 1. The molecule has 1 atom stereocenters. The van der Waals surface area contributed by atoms with Gasteiger partial charge < -0.3 is 10.0 Å². The van der Waals surface area contributed by atoms with Gasteiger partial charge in [0.15, 0.2) is 0 Å². The summed E-state index contributed by atoms with van der Waals surface area (Å²) in [4.78, 5) is 11.4. The zero-order valence-electron chi connectivity index (χ0n) is 11.2. The summed E-state index contributed by atoms with van der Waals surface area (Å²) in [5, 5.41) is 13.7. The SMILES string of the molecule is NS(=O)(=O)c1ccc(N2CCC(C(=O)O)C2)cc1C(F)(F)F. The summed E-state index contributed by atoms with van der Waals surface area (Å²) in [6, 6.07) is 2.67. The fourth-order valence-corrected chi connectivity index (χ4v) is 3.12. The van der Waals surface area contributed by atoms with E-state index in [1.54, 1.807) is 0 Å². The molecule has 1 aromatic carbocycles. The van der Waals surface area contributed by atoms with Gasteiger partial charge in [0.1, 0.15) is 0 Å². The van der Waals surface area contributed by atoms with Crippen molar-refractivity contribution >= 4 is 21.7 Å². The lowest BCUT2D eigenvalue weighted by Crippen LogP contribution is -2.24. The number of alkyl halides is 3. The first-order valence-corrected chi connectivity index (χ1v) is 7.76. The molecule has 0 spiro atoms. The number of hydrogen-bond donors (Lipinski definition) is 2. The number of primary sulfonamides is 1. The molecule has 1 fully saturated rings. The first-order valence-electron chi connectivity index (χ1n) is 6.22. The van der Waals surface area contributed by atoms with Gasteiger partial charge in [0, 0.05) is 18.8 Å². The van der Waals surface area contributed by atoms with Crippen LogP contribution in [0.1, 0.15) is 12.0 Å². The topological polar surface area (TPSA) is 101 Å². The minimum atomic E-state index is -4.89. The predicted octanol–water partition coefficient (Wildman–Crippen LogP) is 1.26. The van der Waals surface area contributed by atoms with Crippen LogP contribution < -0.4 is 10.0 Å². The van der Waals surface area contributed by atoms with Crippen molar-refractivity contribution in [3.63, 3.8) is 0 Å². The lowest BCUT2D eigenvalue weighted by Gasteiger charge is -2.21. The van der Waals surface area contributed by atoms with Crippen molar-refractivity contribution in [1.29, 1.82) is 0 Å². The number of anilines is 1. The molecule has 2 rings (SSSR count). The minimum Gasteiger partial charge on any atom is -0.481 e. The van der Waals surface area contributed by atoms with Crippen LogP contribution in [-0.2, 0) is 21.0 Å². The van der Waals surface area contributed by atoms with Gasteiger partial charge in [-0.2, -0.15) is 13.2 Å². The average molecular weight is 338 g/mol. The molecule has 1 unspecified atom stereocenters. The van der Waals surface area contributed by atoms with Gasteiger partial charge in [0.2, 0.25) is 10.0 Å². The third kappa shape index (κ3) is 3.33. The zero-order valence-corrected chi connectivity index (χ0v) is 12.0. The van der Waals surface area contributed by atoms with Crippen LogP contribution in [0.2, 0.25) is 0 Å².